The highest BCUT2D eigenvalue weighted by Crippen LogP contribution is 2.27. The lowest BCUT2D eigenvalue weighted by Gasteiger charge is -2.19. The van der Waals surface area contributed by atoms with Gasteiger partial charge in [0.2, 0.25) is 0 Å². The molecule has 0 spiro atoms. The Morgan fingerprint density at radius 3 is 2.10 bits per heavy atom. The fraction of sp³-hybridized carbons (Fsp3) is 0.304. The zero-order valence-corrected chi connectivity index (χ0v) is 19.0. The number of carbonyl (C=O) groups excluding carboxylic acids is 1. The number of rotatable bonds is 5. The third kappa shape index (κ3) is 5.07. The molecule has 0 aliphatic heterocycles. The summed E-state index contributed by atoms with van der Waals surface area (Å²) in [7, 11) is 1.76. The van der Waals surface area contributed by atoms with E-state index in [2.05, 4.69) is 59.2 Å². The summed E-state index contributed by atoms with van der Waals surface area (Å²) in [6, 6.07) is 15.9. The summed E-state index contributed by atoms with van der Waals surface area (Å²) >= 11 is 3.42. The zero-order valence-electron chi connectivity index (χ0n) is 17.4. The molecule has 0 fully saturated rings. The molecule has 2 aromatic carbocycles. The molecular weight excluding hydrogens is 430 g/mol. The molecule has 0 saturated heterocycles. The number of halogens is 1. The molecule has 1 amide bonds. The van der Waals surface area contributed by atoms with Crippen molar-refractivity contribution in [1.82, 2.24) is 15.1 Å². The number of hydrogen-bond donors (Lipinski definition) is 1. The second-order valence-electron chi connectivity index (χ2n) is 8.07. The standard InChI is InChI=1S/C23H26BrN3O2/c1-15-20(24)21(27(5)26-15)22(28)25-14-16-6-10-18(11-7-16)29-19-12-8-17(9-13-19)23(2,3)4/h6-13H,14H2,1-5H3,(H,25,28). The summed E-state index contributed by atoms with van der Waals surface area (Å²) in [5.41, 5.74) is 3.68. The van der Waals surface area contributed by atoms with Crippen LogP contribution in [0.15, 0.2) is 53.0 Å². The number of amides is 1. The van der Waals surface area contributed by atoms with Gasteiger partial charge < -0.3 is 10.1 Å². The molecule has 3 rings (SSSR count). The van der Waals surface area contributed by atoms with E-state index in [1.807, 2.05) is 43.3 Å². The summed E-state index contributed by atoms with van der Waals surface area (Å²) in [6.45, 7) is 8.85. The van der Waals surface area contributed by atoms with Crippen molar-refractivity contribution in [1.29, 1.82) is 0 Å². The Kier molecular flexibility index (Phi) is 6.13. The molecule has 1 heterocycles. The highest BCUT2D eigenvalue weighted by Gasteiger charge is 2.18. The number of carbonyl (C=O) groups is 1. The maximum Gasteiger partial charge on any atom is 0.270 e. The van der Waals surface area contributed by atoms with Crippen molar-refractivity contribution in [3.8, 4) is 11.5 Å². The zero-order chi connectivity index (χ0) is 21.2. The molecule has 0 radical (unpaired) electrons. The Bertz CT molecular complexity index is 1000. The number of nitrogens with one attached hydrogen (secondary N) is 1. The highest BCUT2D eigenvalue weighted by atomic mass is 79.9. The molecule has 5 nitrogen and oxygen atoms in total. The van der Waals surface area contributed by atoms with Gasteiger partial charge in [-0.05, 0) is 63.7 Å². The van der Waals surface area contributed by atoms with Crippen LogP contribution in [0.2, 0.25) is 0 Å². The van der Waals surface area contributed by atoms with Crippen molar-refractivity contribution >= 4 is 21.8 Å². The lowest BCUT2D eigenvalue weighted by Crippen LogP contribution is -2.25. The first kappa shape index (κ1) is 21.1. The van der Waals surface area contributed by atoms with E-state index in [-0.39, 0.29) is 11.3 Å². The van der Waals surface area contributed by atoms with Gasteiger partial charge in [-0.1, -0.05) is 45.0 Å². The normalized spacial score (nSPS) is 11.4. The Morgan fingerprint density at radius 1 is 1.07 bits per heavy atom. The second-order valence-corrected chi connectivity index (χ2v) is 8.87. The van der Waals surface area contributed by atoms with Crippen LogP contribution in [-0.4, -0.2) is 15.7 Å². The lowest BCUT2D eigenvalue weighted by molar-refractivity contribution is 0.0940. The third-order valence-corrected chi connectivity index (χ3v) is 5.65. The van der Waals surface area contributed by atoms with Gasteiger partial charge in [-0.3, -0.25) is 9.48 Å². The van der Waals surface area contributed by atoms with Crippen LogP contribution in [-0.2, 0) is 19.0 Å². The van der Waals surface area contributed by atoms with Gasteiger partial charge in [0.15, 0.2) is 0 Å². The number of aromatic nitrogens is 2. The van der Waals surface area contributed by atoms with Crippen molar-refractivity contribution in [2.24, 2.45) is 7.05 Å². The third-order valence-electron chi connectivity index (χ3n) is 4.70. The first-order valence-corrected chi connectivity index (χ1v) is 10.3. The van der Waals surface area contributed by atoms with Crippen LogP contribution in [0.5, 0.6) is 11.5 Å². The molecule has 0 saturated carbocycles. The number of ether oxygens (including phenoxy) is 1. The van der Waals surface area contributed by atoms with Crippen LogP contribution >= 0.6 is 15.9 Å². The second kappa shape index (κ2) is 8.41. The van der Waals surface area contributed by atoms with Crippen molar-refractivity contribution in [2.75, 3.05) is 0 Å². The van der Waals surface area contributed by atoms with Gasteiger partial charge in [-0.15, -0.1) is 0 Å². The van der Waals surface area contributed by atoms with Crippen LogP contribution in [0, 0.1) is 6.92 Å². The quantitative estimate of drug-likeness (QED) is 0.551. The molecule has 6 heteroatoms. The van der Waals surface area contributed by atoms with E-state index in [1.165, 1.54) is 5.56 Å². The van der Waals surface area contributed by atoms with E-state index in [1.54, 1.807) is 11.7 Å². The molecule has 3 aromatic rings. The minimum absolute atomic E-state index is 0.119. The van der Waals surface area contributed by atoms with Gasteiger partial charge in [0.05, 0.1) is 10.2 Å². The van der Waals surface area contributed by atoms with E-state index in [4.69, 9.17) is 4.74 Å². The lowest BCUT2D eigenvalue weighted by atomic mass is 9.87. The molecule has 0 unspecified atom stereocenters. The number of benzene rings is 2. The number of nitrogens with zero attached hydrogens (tertiary/aromatic N) is 2. The van der Waals surface area contributed by atoms with Crippen molar-refractivity contribution < 1.29 is 9.53 Å². The van der Waals surface area contributed by atoms with Crippen molar-refractivity contribution in [3.05, 3.63) is 75.5 Å². The predicted molar refractivity (Wildman–Crippen MR) is 118 cm³/mol. The molecule has 1 N–H and O–H groups in total. The molecule has 1 aromatic heterocycles. The predicted octanol–water partition coefficient (Wildman–Crippen LogP) is 5.51. The van der Waals surface area contributed by atoms with E-state index in [9.17, 15) is 4.79 Å². The van der Waals surface area contributed by atoms with Gasteiger partial charge in [-0.2, -0.15) is 5.10 Å². The van der Waals surface area contributed by atoms with Gasteiger partial charge in [0.25, 0.3) is 5.91 Å². The van der Waals surface area contributed by atoms with Gasteiger partial charge in [0, 0.05) is 13.6 Å². The average Bonchev–Trinajstić information content (AvgIpc) is 2.92. The highest BCUT2D eigenvalue weighted by molar-refractivity contribution is 9.10. The SMILES string of the molecule is Cc1nn(C)c(C(=O)NCc2ccc(Oc3ccc(C(C)(C)C)cc3)cc2)c1Br. The molecule has 152 valence electrons. The topological polar surface area (TPSA) is 56.2 Å². The Balaban J connectivity index is 1.59. The maximum atomic E-state index is 12.5. The summed E-state index contributed by atoms with van der Waals surface area (Å²) in [6.07, 6.45) is 0. The first-order chi connectivity index (χ1) is 13.6. The van der Waals surface area contributed by atoms with E-state index >= 15 is 0 Å². The fourth-order valence-corrected chi connectivity index (χ4v) is 3.50. The summed E-state index contributed by atoms with van der Waals surface area (Å²) in [5.74, 6) is 1.39. The van der Waals surface area contributed by atoms with Crippen LogP contribution in [0.4, 0.5) is 0 Å². The van der Waals surface area contributed by atoms with Crippen LogP contribution in [0.1, 0.15) is 48.1 Å². The summed E-state index contributed by atoms with van der Waals surface area (Å²) in [4.78, 5) is 12.5. The van der Waals surface area contributed by atoms with Gasteiger partial charge in [0.1, 0.15) is 17.2 Å². The monoisotopic (exact) mass is 455 g/mol. The van der Waals surface area contributed by atoms with Crippen molar-refractivity contribution in [2.45, 2.75) is 39.7 Å². The Labute approximate surface area is 180 Å². The molecule has 0 bridgehead atoms. The molecular formula is C23H26BrN3O2. The average molecular weight is 456 g/mol. The van der Waals surface area contributed by atoms with Crippen LogP contribution < -0.4 is 10.1 Å². The number of hydrogen-bond acceptors (Lipinski definition) is 3. The molecule has 0 aliphatic rings. The van der Waals surface area contributed by atoms with Gasteiger partial charge in [-0.25, -0.2) is 0 Å². The van der Waals surface area contributed by atoms with E-state index in [0.29, 0.717) is 12.2 Å². The van der Waals surface area contributed by atoms with E-state index < -0.39 is 0 Å². The fourth-order valence-electron chi connectivity index (χ4n) is 2.98. The summed E-state index contributed by atoms with van der Waals surface area (Å²) < 4.78 is 8.23. The number of aryl methyl sites for hydroxylation is 2. The Hall–Kier alpha value is -2.60. The molecule has 0 atom stereocenters. The van der Waals surface area contributed by atoms with Crippen molar-refractivity contribution in [3.63, 3.8) is 0 Å². The minimum Gasteiger partial charge on any atom is -0.457 e. The summed E-state index contributed by atoms with van der Waals surface area (Å²) in [5, 5.41) is 7.18. The Morgan fingerprint density at radius 2 is 1.62 bits per heavy atom. The van der Waals surface area contributed by atoms with E-state index in [0.717, 1.165) is 27.2 Å². The largest absolute Gasteiger partial charge is 0.457 e. The molecule has 0 aliphatic carbocycles. The smallest absolute Gasteiger partial charge is 0.270 e. The van der Waals surface area contributed by atoms with Gasteiger partial charge >= 0.3 is 0 Å². The minimum atomic E-state index is -0.167. The maximum absolute atomic E-state index is 12.5. The van der Waals surface area contributed by atoms with Crippen LogP contribution in [0.3, 0.4) is 0 Å². The first-order valence-electron chi connectivity index (χ1n) is 9.50. The van der Waals surface area contributed by atoms with Crippen LogP contribution in [0.25, 0.3) is 0 Å². The molecule has 29 heavy (non-hydrogen) atoms.